The van der Waals surface area contributed by atoms with Gasteiger partial charge in [-0.05, 0) is 31.7 Å². The molecule has 6 heteroatoms. The molecule has 2 N–H and O–H groups in total. The third-order valence-corrected chi connectivity index (χ3v) is 4.05. The summed E-state index contributed by atoms with van der Waals surface area (Å²) in [5.41, 5.74) is 0.714. The van der Waals surface area contributed by atoms with E-state index in [1.165, 1.54) is 6.07 Å². The summed E-state index contributed by atoms with van der Waals surface area (Å²) in [7, 11) is 3.78. The monoisotopic (exact) mass is 352 g/mol. The number of hydrogen-bond donors (Lipinski definition) is 2. The molecular formula is C19H33FN4O. The van der Waals surface area contributed by atoms with E-state index in [2.05, 4.69) is 41.4 Å². The molecule has 0 aromatic heterocycles. The van der Waals surface area contributed by atoms with Crippen LogP contribution in [0, 0.1) is 5.82 Å². The fourth-order valence-corrected chi connectivity index (χ4v) is 2.34. The SMILES string of the molecule is CCNC(=NCC(C)(C)c1cccc(F)c1)NCCN(C)CCOC. The molecule has 0 fully saturated rings. The molecule has 0 atom stereocenters. The van der Waals surface area contributed by atoms with Crippen molar-refractivity contribution in [3.8, 4) is 0 Å². The standard InChI is InChI=1S/C19H33FN4O/c1-6-21-18(22-10-11-24(4)12-13-25-5)23-15-19(2,3)16-8-7-9-17(20)14-16/h7-9,14H,6,10-13,15H2,1-5H3,(H2,21,22,23). The van der Waals surface area contributed by atoms with Crippen LogP contribution in [0.4, 0.5) is 4.39 Å². The van der Waals surface area contributed by atoms with Crippen LogP contribution in [0.15, 0.2) is 29.3 Å². The van der Waals surface area contributed by atoms with E-state index in [0.717, 1.165) is 44.3 Å². The van der Waals surface area contributed by atoms with Crippen molar-refractivity contribution >= 4 is 5.96 Å². The van der Waals surface area contributed by atoms with Gasteiger partial charge in [0.05, 0.1) is 13.2 Å². The molecule has 0 aliphatic heterocycles. The first kappa shape index (κ1) is 21.4. The van der Waals surface area contributed by atoms with Crippen molar-refractivity contribution in [1.29, 1.82) is 0 Å². The molecule has 1 aromatic rings. The van der Waals surface area contributed by atoms with E-state index in [1.54, 1.807) is 19.2 Å². The first-order chi connectivity index (χ1) is 11.9. The van der Waals surface area contributed by atoms with Gasteiger partial charge in [0, 0.05) is 38.7 Å². The van der Waals surface area contributed by atoms with E-state index in [1.807, 2.05) is 13.0 Å². The summed E-state index contributed by atoms with van der Waals surface area (Å²) in [6.45, 7) is 10.9. The van der Waals surface area contributed by atoms with Crippen molar-refractivity contribution in [2.75, 3.05) is 53.5 Å². The van der Waals surface area contributed by atoms with E-state index in [9.17, 15) is 4.39 Å². The molecule has 0 saturated carbocycles. The molecule has 0 saturated heterocycles. The van der Waals surface area contributed by atoms with Gasteiger partial charge in [-0.25, -0.2) is 4.39 Å². The number of nitrogens with one attached hydrogen (secondary N) is 2. The normalized spacial score (nSPS) is 12.5. The summed E-state index contributed by atoms with van der Waals surface area (Å²) in [5.74, 6) is 0.575. The average molecular weight is 352 g/mol. The Morgan fingerprint density at radius 2 is 2.04 bits per heavy atom. The van der Waals surface area contributed by atoms with E-state index in [4.69, 9.17) is 4.74 Å². The molecule has 0 radical (unpaired) electrons. The van der Waals surface area contributed by atoms with Gasteiger partial charge in [-0.2, -0.15) is 0 Å². The molecule has 1 aromatic carbocycles. The fourth-order valence-electron chi connectivity index (χ4n) is 2.34. The van der Waals surface area contributed by atoms with Crippen molar-refractivity contribution in [2.45, 2.75) is 26.2 Å². The number of rotatable bonds is 10. The Bertz CT molecular complexity index is 534. The molecule has 5 nitrogen and oxygen atoms in total. The Hall–Kier alpha value is -1.66. The van der Waals surface area contributed by atoms with Crippen molar-refractivity contribution < 1.29 is 9.13 Å². The van der Waals surface area contributed by atoms with Crippen molar-refractivity contribution in [3.05, 3.63) is 35.6 Å². The Balaban J connectivity index is 2.59. The zero-order chi connectivity index (χ0) is 18.7. The summed E-state index contributed by atoms with van der Waals surface area (Å²) in [6.07, 6.45) is 0. The summed E-state index contributed by atoms with van der Waals surface area (Å²) >= 11 is 0. The van der Waals surface area contributed by atoms with E-state index >= 15 is 0 Å². The molecule has 0 spiro atoms. The number of guanidine groups is 1. The third kappa shape index (κ3) is 8.31. The Kier molecular flexibility index (Phi) is 9.45. The number of nitrogens with zero attached hydrogens (tertiary/aromatic N) is 2. The van der Waals surface area contributed by atoms with Gasteiger partial charge in [0.25, 0.3) is 0 Å². The van der Waals surface area contributed by atoms with Crippen molar-refractivity contribution in [3.63, 3.8) is 0 Å². The van der Waals surface area contributed by atoms with Gasteiger partial charge in [0.15, 0.2) is 5.96 Å². The maximum atomic E-state index is 13.5. The Labute approximate surface area is 151 Å². The first-order valence-electron chi connectivity index (χ1n) is 8.84. The van der Waals surface area contributed by atoms with Crippen LogP contribution in [0.25, 0.3) is 0 Å². The summed E-state index contributed by atoms with van der Waals surface area (Å²) in [5, 5.41) is 6.60. The number of halogens is 1. The van der Waals surface area contributed by atoms with E-state index in [-0.39, 0.29) is 11.2 Å². The molecule has 0 amide bonds. The van der Waals surface area contributed by atoms with Crippen LogP contribution >= 0.6 is 0 Å². The molecule has 0 unspecified atom stereocenters. The summed E-state index contributed by atoms with van der Waals surface area (Å²) in [6, 6.07) is 6.74. The van der Waals surface area contributed by atoms with Gasteiger partial charge in [0.1, 0.15) is 5.82 Å². The van der Waals surface area contributed by atoms with Gasteiger partial charge in [-0.1, -0.05) is 26.0 Å². The van der Waals surface area contributed by atoms with Gasteiger partial charge in [-0.15, -0.1) is 0 Å². The van der Waals surface area contributed by atoms with Gasteiger partial charge < -0.3 is 20.3 Å². The molecule has 0 aliphatic rings. The molecule has 0 aliphatic carbocycles. The molecular weight excluding hydrogens is 319 g/mol. The topological polar surface area (TPSA) is 48.9 Å². The minimum absolute atomic E-state index is 0.210. The van der Waals surface area contributed by atoms with E-state index < -0.39 is 0 Å². The van der Waals surface area contributed by atoms with Crippen molar-refractivity contribution in [1.82, 2.24) is 15.5 Å². The van der Waals surface area contributed by atoms with Gasteiger partial charge >= 0.3 is 0 Å². The lowest BCUT2D eigenvalue weighted by Gasteiger charge is -2.24. The Morgan fingerprint density at radius 1 is 1.28 bits per heavy atom. The second-order valence-electron chi connectivity index (χ2n) is 6.81. The van der Waals surface area contributed by atoms with Gasteiger partial charge in [0.2, 0.25) is 0 Å². The lowest BCUT2D eigenvalue weighted by Crippen LogP contribution is -2.42. The zero-order valence-electron chi connectivity index (χ0n) is 16.2. The van der Waals surface area contributed by atoms with Crippen LogP contribution in [0.2, 0.25) is 0 Å². The Morgan fingerprint density at radius 3 is 2.68 bits per heavy atom. The predicted octanol–water partition coefficient (Wildman–Crippen LogP) is 2.24. The number of methoxy groups -OCH3 is 1. The molecule has 0 heterocycles. The molecule has 1 rings (SSSR count). The number of aliphatic imine (C=N–C) groups is 1. The zero-order valence-corrected chi connectivity index (χ0v) is 16.2. The highest BCUT2D eigenvalue weighted by Crippen LogP contribution is 2.24. The number of hydrogen-bond acceptors (Lipinski definition) is 3. The average Bonchev–Trinajstić information content (AvgIpc) is 2.58. The van der Waals surface area contributed by atoms with Crippen LogP contribution in [-0.4, -0.2) is 64.3 Å². The largest absolute Gasteiger partial charge is 0.383 e. The van der Waals surface area contributed by atoms with Crippen LogP contribution < -0.4 is 10.6 Å². The highest BCUT2D eigenvalue weighted by atomic mass is 19.1. The maximum Gasteiger partial charge on any atom is 0.191 e. The smallest absolute Gasteiger partial charge is 0.191 e. The quantitative estimate of drug-likeness (QED) is 0.501. The lowest BCUT2D eigenvalue weighted by atomic mass is 9.85. The molecule has 0 bridgehead atoms. The maximum absolute atomic E-state index is 13.5. The van der Waals surface area contributed by atoms with E-state index in [0.29, 0.717) is 6.54 Å². The third-order valence-electron chi connectivity index (χ3n) is 4.05. The van der Waals surface area contributed by atoms with Crippen LogP contribution in [0.1, 0.15) is 26.3 Å². The molecule has 25 heavy (non-hydrogen) atoms. The summed E-state index contributed by atoms with van der Waals surface area (Å²) in [4.78, 5) is 6.88. The van der Waals surface area contributed by atoms with Crippen LogP contribution in [0.5, 0.6) is 0 Å². The van der Waals surface area contributed by atoms with Crippen molar-refractivity contribution in [2.24, 2.45) is 4.99 Å². The number of likely N-dealkylation sites (N-methyl/N-ethyl adjacent to an activating group) is 1. The van der Waals surface area contributed by atoms with Crippen LogP contribution in [-0.2, 0) is 10.2 Å². The molecule has 142 valence electrons. The number of benzene rings is 1. The predicted molar refractivity (Wildman–Crippen MR) is 103 cm³/mol. The summed E-state index contributed by atoms with van der Waals surface area (Å²) < 4.78 is 18.6. The highest BCUT2D eigenvalue weighted by Gasteiger charge is 2.21. The minimum Gasteiger partial charge on any atom is -0.383 e. The fraction of sp³-hybridized carbons (Fsp3) is 0.632. The van der Waals surface area contributed by atoms with Gasteiger partial charge in [-0.3, -0.25) is 4.99 Å². The second-order valence-corrected chi connectivity index (χ2v) is 6.81. The first-order valence-corrected chi connectivity index (χ1v) is 8.84. The number of ether oxygens (including phenoxy) is 1. The van der Waals surface area contributed by atoms with Crippen LogP contribution in [0.3, 0.4) is 0 Å². The minimum atomic E-state index is -0.236. The second kappa shape index (κ2) is 11.1. The lowest BCUT2D eigenvalue weighted by molar-refractivity contribution is 0.162. The highest BCUT2D eigenvalue weighted by molar-refractivity contribution is 5.79.